The predicted octanol–water partition coefficient (Wildman–Crippen LogP) is 0.189. The van der Waals surface area contributed by atoms with Crippen LogP contribution < -0.4 is 10.7 Å². The molecule has 49 valence electrons. The van der Waals surface area contributed by atoms with Crippen LogP contribution >= 0.6 is 0 Å². The third-order valence-corrected chi connectivity index (χ3v) is 0.911. The van der Waals surface area contributed by atoms with E-state index >= 15 is 0 Å². The van der Waals surface area contributed by atoms with Gasteiger partial charge in [-0.2, -0.15) is 11.6 Å². The Hall–Kier alpha value is -0.388. The van der Waals surface area contributed by atoms with Crippen LogP contribution in [0.5, 0.6) is 0 Å². The van der Waals surface area contributed by atoms with E-state index in [0.29, 0.717) is 5.82 Å². The van der Waals surface area contributed by atoms with Crippen molar-refractivity contribution in [1.82, 2.24) is 0 Å². The zero-order valence-corrected chi connectivity index (χ0v) is 7.83. The predicted molar refractivity (Wildman–Crippen MR) is 31.0 cm³/mol. The number of nitrogen functional groups attached to an aromatic ring is 1. The minimum Gasteiger partial charge on any atom is -0.304 e. The first kappa shape index (κ1) is 8.61. The van der Waals surface area contributed by atoms with Crippen molar-refractivity contribution >= 4 is 5.82 Å². The molecular weight excluding hydrogens is 286 g/mol. The fourth-order valence-electron chi connectivity index (χ4n) is 0.467. The van der Waals surface area contributed by atoms with Crippen LogP contribution in [0.4, 0.5) is 5.82 Å². The van der Waals surface area contributed by atoms with Crippen molar-refractivity contribution in [3.05, 3.63) is 23.9 Å². The number of anilines is 1. The summed E-state index contributed by atoms with van der Waals surface area (Å²) in [5.41, 5.74) is 6.45. The zero-order chi connectivity index (χ0) is 5.98. The Morgan fingerprint density at radius 3 is 2.67 bits per heavy atom. The molecule has 0 aliphatic rings. The van der Waals surface area contributed by atoms with Crippen LogP contribution in [0.15, 0.2) is 12.3 Å². The molecule has 2 nitrogen and oxygen atoms in total. The molecule has 1 aromatic rings. The van der Waals surface area contributed by atoms with Gasteiger partial charge in [-0.05, 0) is 0 Å². The molecule has 0 unspecified atom stereocenters. The smallest absolute Gasteiger partial charge is 0.176 e. The van der Waals surface area contributed by atoms with Crippen LogP contribution in [0.1, 0.15) is 5.56 Å². The SMILES string of the molecule is Cc1c[c-]c(N)[nH+]c1.[Re]. The molecule has 0 aromatic carbocycles. The van der Waals surface area contributed by atoms with Gasteiger partial charge >= 0.3 is 0 Å². The number of pyridine rings is 1. The first-order chi connectivity index (χ1) is 3.79. The summed E-state index contributed by atoms with van der Waals surface area (Å²) in [6, 6.07) is 4.66. The molecule has 0 aliphatic carbocycles. The summed E-state index contributed by atoms with van der Waals surface area (Å²) in [4.78, 5) is 2.82. The maximum Gasteiger partial charge on any atom is 0.176 e. The molecular formula is C6H8N2Re. The minimum atomic E-state index is 0. The molecule has 0 fully saturated rings. The third-order valence-electron chi connectivity index (χ3n) is 0.911. The van der Waals surface area contributed by atoms with Crippen molar-refractivity contribution in [2.45, 2.75) is 6.92 Å². The molecule has 0 bridgehead atoms. The van der Waals surface area contributed by atoms with Crippen molar-refractivity contribution in [1.29, 1.82) is 0 Å². The fraction of sp³-hybridized carbons (Fsp3) is 0.167. The molecule has 0 aliphatic heterocycles. The van der Waals surface area contributed by atoms with E-state index in [9.17, 15) is 0 Å². The van der Waals surface area contributed by atoms with E-state index in [4.69, 9.17) is 5.73 Å². The molecule has 1 aromatic heterocycles. The van der Waals surface area contributed by atoms with Gasteiger partial charge in [-0.3, -0.25) is 4.98 Å². The summed E-state index contributed by atoms with van der Waals surface area (Å²) in [6.07, 6.45) is 1.84. The van der Waals surface area contributed by atoms with E-state index in [-0.39, 0.29) is 20.4 Å². The molecule has 0 saturated carbocycles. The van der Waals surface area contributed by atoms with E-state index < -0.39 is 0 Å². The molecule has 3 N–H and O–H groups in total. The van der Waals surface area contributed by atoms with Crippen LogP contribution in [-0.4, -0.2) is 0 Å². The van der Waals surface area contributed by atoms with E-state index in [1.807, 2.05) is 19.2 Å². The number of hydrogen-bond acceptors (Lipinski definition) is 1. The number of aromatic nitrogens is 1. The van der Waals surface area contributed by atoms with Gasteiger partial charge in [0, 0.05) is 26.6 Å². The Morgan fingerprint density at radius 2 is 2.33 bits per heavy atom. The van der Waals surface area contributed by atoms with Gasteiger partial charge in [0.15, 0.2) is 5.82 Å². The molecule has 1 rings (SSSR count). The largest absolute Gasteiger partial charge is 0.304 e. The maximum atomic E-state index is 5.32. The van der Waals surface area contributed by atoms with E-state index in [2.05, 4.69) is 11.1 Å². The molecule has 0 saturated heterocycles. The van der Waals surface area contributed by atoms with Crippen LogP contribution in [-0.2, 0) is 20.4 Å². The van der Waals surface area contributed by atoms with Crippen molar-refractivity contribution in [2.24, 2.45) is 0 Å². The second-order valence-corrected chi connectivity index (χ2v) is 1.74. The molecule has 3 heteroatoms. The quantitative estimate of drug-likeness (QED) is 0.682. The molecule has 9 heavy (non-hydrogen) atoms. The van der Waals surface area contributed by atoms with Crippen molar-refractivity contribution in [3.63, 3.8) is 0 Å². The number of nitrogens with two attached hydrogens (primary N) is 1. The number of aromatic amines is 1. The van der Waals surface area contributed by atoms with Gasteiger partial charge in [0.25, 0.3) is 0 Å². The van der Waals surface area contributed by atoms with Crippen LogP contribution in [0, 0.1) is 13.0 Å². The van der Waals surface area contributed by atoms with Gasteiger partial charge in [-0.15, -0.1) is 6.92 Å². The normalized spacial score (nSPS) is 8.11. The average Bonchev–Trinajstić information content (AvgIpc) is 1.77. The third kappa shape index (κ3) is 2.60. The Kier molecular flexibility index (Phi) is 3.45. The van der Waals surface area contributed by atoms with Crippen molar-refractivity contribution in [3.8, 4) is 0 Å². The Morgan fingerprint density at radius 1 is 1.67 bits per heavy atom. The first-order valence-electron chi connectivity index (χ1n) is 2.44. The first-order valence-corrected chi connectivity index (χ1v) is 2.44. The Bertz CT molecular complexity index is 150. The summed E-state index contributed by atoms with van der Waals surface area (Å²) in [7, 11) is 0. The second-order valence-electron chi connectivity index (χ2n) is 1.74. The number of hydrogen-bond donors (Lipinski definition) is 1. The van der Waals surface area contributed by atoms with Gasteiger partial charge in [0.1, 0.15) is 0 Å². The van der Waals surface area contributed by atoms with E-state index in [0.717, 1.165) is 5.56 Å². The number of H-pyrrole nitrogens is 1. The summed E-state index contributed by atoms with van der Waals surface area (Å²) in [5, 5.41) is 0. The summed E-state index contributed by atoms with van der Waals surface area (Å²) < 4.78 is 0. The van der Waals surface area contributed by atoms with Gasteiger partial charge in [0.05, 0.1) is 0 Å². The van der Waals surface area contributed by atoms with Gasteiger partial charge in [-0.25, -0.2) is 6.07 Å². The van der Waals surface area contributed by atoms with Crippen molar-refractivity contribution in [2.75, 3.05) is 5.73 Å². The minimum absolute atomic E-state index is 0. The standard InChI is InChI=1S/C6H7N2.Re/c1-5-2-3-6(7)8-4-5;/h2,4H,1H3,(H2,7,8);/q-1;/p+1. The topological polar surface area (TPSA) is 40.2 Å². The zero-order valence-electron chi connectivity index (χ0n) is 5.11. The second kappa shape index (κ2) is 3.60. The van der Waals surface area contributed by atoms with Gasteiger partial charge in [0.2, 0.25) is 0 Å². The summed E-state index contributed by atoms with van der Waals surface area (Å²) in [5.74, 6) is 0.579. The van der Waals surface area contributed by atoms with Crippen LogP contribution in [0.3, 0.4) is 0 Å². The van der Waals surface area contributed by atoms with Gasteiger partial charge < -0.3 is 5.73 Å². The average molecular weight is 294 g/mol. The number of nitrogens with one attached hydrogen (secondary N) is 1. The maximum absolute atomic E-state index is 5.32. The van der Waals surface area contributed by atoms with Gasteiger partial charge in [-0.1, -0.05) is 0 Å². The molecule has 1 heterocycles. The monoisotopic (exact) mass is 295 g/mol. The van der Waals surface area contributed by atoms with E-state index in [1.54, 1.807) is 0 Å². The fourth-order valence-corrected chi connectivity index (χ4v) is 0.467. The molecule has 0 amide bonds. The number of rotatable bonds is 0. The molecule has 0 spiro atoms. The molecule has 0 atom stereocenters. The molecule has 1 radical (unpaired) electrons. The number of aryl methyl sites for hydroxylation is 1. The van der Waals surface area contributed by atoms with Crippen LogP contribution in [0.25, 0.3) is 0 Å². The Labute approximate surface area is 68.1 Å². The summed E-state index contributed by atoms with van der Waals surface area (Å²) in [6.45, 7) is 1.98. The van der Waals surface area contributed by atoms with Crippen molar-refractivity contribution < 1.29 is 25.4 Å². The Balaban J connectivity index is 0.000000640. The summed E-state index contributed by atoms with van der Waals surface area (Å²) >= 11 is 0. The van der Waals surface area contributed by atoms with E-state index in [1.165, 1.54) is 0 Å². The van der Waals surface area contributed by atoms with Crippen LogP contribution in [0.2, 0.25) is 0 Å².